The molecule has 1 unspecified atom stereocenters. The van der Waals surface area contributed by atoms with Gasteiger partial charge in [-0.2, -0.15) is 0 Å². The molecule has 0 saturated carbocycles. The third-order valence-corrected chi connectivity index (χ3v) is 6.09. The fraction of sp³-hybridized carbons (Fsp3) is 0.174. The van der Waals surface area contributed by atoms with Gasteiger partial charge in [0.05, 0.1) is 29.4 Å². The molecule has 158 valence electrons. The standard InChI is InChI=1S/C23H19ClN2O4S/c1-2-30-18-12-14(8-9-16(18)24)21(27)19-20(17-7-3-4-10-25-17)26(23(29)22(19)28)13-15-6-5-11-31-15/h3-12,20,27H,2,13H2,1H3/b21-19-. The Morgan fingerprint density at radius 1 is 1.23 bits per heavy atom. The van der Waals surface area contributed by atoms with Crippen molar-refractivity contribution in [2.45, 2.75) is 19.5 Å². The van der Waals surface area contributed by atoms with E-state index in [0.717, 1.165) is 4.88 Å². The third kappa shape index (κ3) is 4.06. The van der Waals surface area contributed by atoms with E-state index < -0.39 is 17.7 Å². The highest BCUT2D eigenvalue weighted by Crippen LogP contribution is 2.40. The van der Waals surface area contributed by atoms with Gasteiger partial charge in [-0.1, -0.05) is 23.7 Å². The van der Waals surface area contributed by atoms with Gasteiger partial charge in [0.25, 0.3) is 11.7 Å². The number of benzene rings is 1. The molecule has 4 rings (SSSR count). The molecule has 1 fully saturated rings. The summed E-state index contributed by atoms with van der Waals surface area (Å²) in [5, 5.41) is 13.4. The van der Waals surface area contributed by atoms with Gasteiger partial charge in [-0.3, -0.25) is 14.6 Å². The summed E-state index contributed by atoms with van der Waals surface area (Å²) in [5.41, 5.74) is 0.826. The largest absolute Gasteiger partial charge is 0.507 e. The topological polar surface area (TPSA) is 79.7 Å². The maximum Gasteiger partial charge on any atom is 0.296 e. The Bertz CT molecular complexity index is 1150. The van der Waals surface area contributed by atoms with Crippen LogP contribution in [0, 0.1) is 0 Å². The minimum absolute atomic E-state index is 0.00923. The first-order chi connectivity index (χ1) is 15.0. The van der Waals surface area contributed by atoms with Gasteiger partial charge in [-0.05, 0) is 48.7 Å². The monoisotopic (exact) mass is 454 g/mol. The normalized spacial score (nSPS) is 17.9. The Kier molecular flexibility index (Phi) is 6.06. The van der Waals surface area contributed by atoms with E-state index in [1.165, 1.54) is 16.2 Å². The quantitative estimate of drug-likeness (QED) is 0.328. The maximum absolute atomic E-state index is 13.0. The molecule has 1 aliphatic rings. The number of thiophene rings is 1. The van der Waals surface area contributed by atoms with Crippen LogP contribution in [0.5, 0.6) is 5.75 Å². The van der Waals surface area contributed by atoms with Crippen molar-refractivity contribution in [2.75, 3.05) is 6.61 Å². The van der Waals surface area contributed by atoms with Crippen LogP contribution in [0.2, 0.25) is 5.02 Å². The van der Waals surface area contributed by atoms with Gasteiger partial charge in [0.15, 0.2) is 0 Å². The van der Waals surface area contributed by atoms with Crippen molar-refractivity contribution in [1.29, 1.82) is 0 Å². The molecule has 1 saturated heterocycles. The Morgan fingerprint density at radius 3 is 2.74 bits per heavy atom. The first-order valence-corrected chi connectivity index (χ1v) is 10.9. The number of nitrogens with zero attached hydrogens (tertiary/aromatic N) is 2. The summed E-state index contributed by atoms with van der Waals surface area (Å²) in [6.45, 7) is 2.45. The smallest absolute Gasteiger partial charge is 0.296 e. The van der Waals surface area contributed by atoms with E-state index in [1.807, 2.05) is 24.4 Å². The lowest BCUT2D eigenvalue weighted by molar-refractivity contribution is -0.140. The van der Waals surface area contributed by atoms with Crippen LogP contribution in [0.1, 0.15) is 29.1 Å². The molecule has 3 heterocycles. The van der Waals surface area contributed by atoms with E-state index in [2.05, 4.69) is 4.98 Å². The number of halogens is 1. The second kappa shape index (κ2) is 8.91. The molecule has 1 amide bonds. The second-order valence-corrected chi connectivity index (χ2v) is 8.28. The Hall–Kier alpha value is -3.16. The molecule has 0 aliphatic carbocycles. The molecule has 0 spiro atoms. The van der Waals surface area contributed by atoms with Gasteiger partial charge < -0.3 is 14.7 Å². The number of aliphatic hydroxyl groups is 1. The first-order valence-electron chi connectivity index (χ1n) is 9.65. The Morgan fingerprint density at radius 2 is 2.06 bits per heavy atom. The SMILES string of the molecule is CCOc1cc(/C(O)=C2/C(=O)C(=O)N(Cc3cccs3)C2c2ccccn2)ccc1Cl. The number of aliphatic hydroxyl groups excluding tert-OH is 1. The summed E-state index contributed by atoms with van der Waals surface area (Å²) in [4.78, 5) is 32.7. The molecule has 31 heavy (non-hydrogen) atoms. The van der Waals surface area contributed by atoms with Crippen molar-refractivity contribution in [3.05, 3.63) is 86.8 Å². The lowest BCUT2D eigenvalue weighted by atomic mass is 9.98. The zero-order valence-electron chi connectivity index (χ0n) is 16.6. The summed E-state index contributed by atoms with van der Waals surface area (Å²) in [5.74, 6) is -1.34. The number of ketones is 1. The number of carbonyl (C=O) groups is 2. The van der Waals surface area contributed by atoms with Crippen molar-refractivity contribution in [3.63, 3.8) is 0 Å². The number of hydrogen-bond donors (Lipinski definition) is 1. The lowest BCUT2D eigenvalue weighted by Crippen LogP contribution is -2.29. The van der Waals surface area contributed by atoms with Crippen LogP contribution in [-0.2, 0) is 16.1 Å². The van der Waals surface area contributed by atoms with Crippen LogP contribution in [0.15, 0.2) is 65.7 Å². The average molecular weight is 455 g/mol. The fourth-order valence-electron chi connectivity index (χ4n) is 3.53. The molecule has 1 aliphatic heterocycles. The van der Waals surface area contributed by atoms with Gasteiger partial charge in [0.1, 0.15) is 17.6 Å². The lowest BCUT2D eigenvalue weighted by Gasteiger charge is -2.24. The van der Waals surface area contributed by atoms with Gasteiger partial charge in [-0.15, -0.1) is 11.3 Å². The number of rotatable bonds is 6. The summed E-state index contributed by atoms with van der Waals surface area (Å²) in [7, 11) is 0. The number of carbonyl (C=O) groups excluding carboxylic acids is 2. The minimum atomic E-state index is -0.811. The Labute approximate surface area is 188 Å². The number of aromatic nitrogens is 1. The predicted molar refractivity (Wildman–Crippen MR) is 119 cm³/mol. The molecule has 0 radical (unpaired) electrons. The van der Waals surface area contributed by atoms with Crippen molar-refractivity contribution in [1.82, 2.24) is 9.88 Å². The zero-order valence-corrected chi connectivity index (χ0v) is 18.2. The second-order valence-electron chi connectivity index (χ2n) is 6.84. The number of ether oxygens (including phenoxy) is 1. The first kappa shape index (κ1) is 21.1. The summed E-state index contributed by atoms with van der Waals surface area (Å²) < 4.78 is 5.50. The highest BCUT2D eigenvalue weighted by Gasteiger charge is 2.46. The number of Topliss-reactive ketones (excluding diaryl/α,β-unsaturated/α-hetero) is 1. The van der Waals surface area contributed by atoms with Gasteiger partial charge in [0.2, 0.25) is 0 Å². The van der Waals surface area contributed by atoms with E-state index >= 15 is 0 Å². The molecule has 2 aromatic heterocycles. The third-order valence-electron chi connectivity index (χ3n) is 4.92. The van der Waals surface area contributed by atoms with Crippen molar-refractivity contribution in [2.24, 2.45) is 0 Å². The van der Waals surface area contributed by atoms with Crippen LogP contribution in [-0.4, -0.2) is 33.3 Å². The van der Waals surface area contributed by atoms with E-state index in [1.54, 1.807) is 42.6 Å². The number of hydrogen-bond acceptors (Lipinski definition) is 6. The van der Waals surface area contributed by atoms with Crippen LogP contribution < -0.4 is 4.74 Å². The van der Waals surface area contributed by atoms with E-state index in [4.69, 9.17) is 16.3 Å². The molecule has 1 aromatic carbocycles. The molecule has 6 nitrogen and oxygen atoms in total. The zero-order chi connectivity index (χ0) is 22.0. The number of likely N-dealkylation sites (tertiary alicyclic amines) is 1. The van der Waals surface area contributed by atoms with Gasteiger partial charge in [-0.25, -0.2) is 0 Å². The summed E-state index contributed by atoms with van der Waals surface area (Å²) >= 11 is 7.65. The van der Waals surface area contributed by atoms with Crippen molar-refractivity contribution in [3.8, 4) is 5.75 Å². The van der Waals surface area contributed by atoms with E-state index in [9.17, 15) is 14.7 Å². The summed E-state index contributed by atoms with van der Waals surface area (Å²) in [6, 6.07) is 13.0. The molecule has 8 heteroatoms. The maximum atomic E-state index is 13.0. The highest BCUT2D eigenvalue weighted by atomic mass is 35.5. The van der Waals surface area contributed by atoms with Crippen molar-refractivity contribution < 1.29 is 19.4 Å². The fourth-order valence-corrected chi connectivity index (χ4v) is 4.41. The molecular weight excluding hydrogens is 436 g/mol. The number of amides is 1. The minimum Gasteiger partial charge on any atom is -0.507 e. The predicted octanol–water partition coefficient (Wildman–Crippen LogP) is 4.82. The van der Waals surface area contributed by atoms with Crippen molar-refractivity contribution >= 4 is 40.4 Å². The molecular formula is C23H19ClN2O4S. The van der Waals surface area contributed by atoms with E-state index in [-0.39, 0.29) is 17.9 Å². The van der Waals surface area contributed by atoms with Crippen LogP contribution >= 0.6 is 22.9 Å². The Balaban J connectivity index is 1.85. The molecule has 3 aromatic rings. The number of pyridine rings is 1. The molecule has 1 atom stereocenters. The van der Waals surface area contributed by atoms with Crippen LogP contribution in [0.4, 0.5) is 0 Å². The van der Waals surface area contributed by atoms with Crippen LogP contribution in [0.3, 0.4) is 0 Å². The van der Waals surface area contributed by atoms with Crippen LogP contribution in [0.25, 0.3) is 5.76 Å². The average Bonchev–Trinajstić information content (AvgIpc) is 3.38. The van der Waals surface area contributed by atoms with Gasteiger partial charge in [0, 0.05) is 16.6 Å². The highest BCUT2D eigenvalue weighted by molar-refractivity contribution is 7.09. The molecule has 0 bridgehead atoms. The summed E-state index contributed by atoms with van der Waals surface area (Å²) in [6.07, 6.45) is 1.59. The van der Waals surface area contributed by atoms with E-state index in [0.29, 0.717) is 28.6 Å². The molecule has 1 N–H and O–H groups in total. The van der Waals surface area contributed by atoms with Gasteiger partial charge >= 0.3 is 0 Å².